The molecule has 116 valence electrons. The van der Waals surface area contributed by atoms with Gasteiger partial charge < -0.3 is 15.4 Å². The number of H-pyrrole nitrogens is 1. The molecule has 0 unspecified atom stereocenters. The lowest BCUT2D eigenvalue weighted by Crippen LogP contribution is -2.17. The first kappa shape index (κ1) is 15.4. The van der Waals surface area contributed by atoms with Gasteiger partial charge in [0.05, 0.1) is 11.4 Å². The van der Waals surface area contributed by atoms with Gasteiger partial charge in [-0.1, -0.05) is 12.1 Å². The van der Waals surface area contributed by atoms with Crippen molar-refractivity contribution < 1.29 is 18.1 Å². The Kier molecular flexibility index (Phi) is 4.08. The summed E-state index contributed by atoms with van der Waals surface area (Å²) in [6.45, 7) is 1.27. The van der Waals surface area contributed by atoms with Gasteiger partial charge in [-0.2, -0.15) is 13.4 Å². The number of anilines is 2. The predicted molar refractivity (Wildman–Crippen MR) is 76.8 cm³/mol. The molecule has 0 saturated heterocycles. The second-order valence-corrected chi connectivity index (χ2v) is 5.74. The molecule has 0 radical (unpaired) electrons. The molecule has 0 aliphatic carbocycles. The van der Waals surface area contributed by atoms with E-state index in [1.54, 1.807) is 12.1 Å². The van der Waals surface area contributed by atoms with E-state index in [4.69, 9.17) is 0 Å². The standard InChI is InChI=1S/C11H11N5O5S/c1-7(17)14-8-4-2-3-5-9(8)15-22(20,21)11-10(16(18)19)12-6-13-11/h2-6,15H,1H3,(H,12,13)(H,14,17). The zero-order chi connectivity index (χ0) is 16.3. The Morgan fingerprint density at radius 3 is 2.55 bits per heavy atom. The number of hydrogen-bond donors (Lipinski definition) is 3. The summed E-state index contributed by atoms with van der Waals surface area (Å²) in [6.07, 6.45) is 0.909. The van der Waals surface area contributed by atoms with Crippen LogP contribution in [0.5, 0.6) is 0 Å². The van der Waals surface area contributed by atoms with Crippen molar-refractivity contribution in [1.29, 1.82) is 0 Å². The van der Waals surface area contributed by atoms with Crippen LogP contribution in [0.2, 0.25) is 0 Å². The Balaban J connectivity index is 2.39. The van der Waals surface area contributed by atoms with Gasteiger partial charge in [-0.25, -0.2) is 4.98 Å². The Morgan fingerprint density at radius 2 is 1.95 bits per heavy atom. The summed E-state index contributed by atoms with van der Waals surface area (Å²) >= 11 is 0. The Labute approximate surface area is 124 Å². The Bertz CT molecular complexity index is 829. The van der Waals surface area contributed by atoms with Crippen LogP contribution in [0, 0.1) is 10.1 Å². The first-order valence-electron chi connectivity index (χ1n) is 5.88. The minimum atomic E-state index is -4.29. The maximum absolute atomic E-state index is 12.2. The highest BCUT2D eigenvalue weighted by Crippen LogP contribution is 2.26. The minimum absolute atomic E-state index is 0.0648. The molecule has 2 rings (SSSR count). The summed E-state index contributed by atoms with van der Waals surface area (Å²) in [5, 5.41) is 12.5. The number of rotatable bonds is 5. The van der Waals surface area contributed by atoms with Crippen LogP contribution in [0.1, 0.15) is 6.92 Å². The maximum Gasteiger partial charge on any atom is 0.361 e. The molecule has 0 bridgehead atoms. The number of carbonyl (C=O) groups excluding carboxylic acids is 1. The second kappa shape index (κ2) is 5.81. The van der Waals surface area contributed by atoms with E-state index in [2.05, 4.69) is 20.0 Å². The molecule has 0 saturated carbocycles. The third kappa shape index (κ3) is 3.20. The van der Waals surface area contributed by atoms with Crippen LogP contribution in [0.4, 0.5) is 17.2 Å². The molecule has 2 aromatic rings. The average molecular weight is 325 g/mol. The van der Waals surface area contributed by atoms with Gasteiger partial charge in [0, 0.05) is 6.92 Å². The molecular formula is C11H11N5O5S. The number of hydrogen-bond acceptors (Lipinski definition) is 6. The van der Waals surface area contributed by atoms with Gasteiger partial charge in [-0.15, -0.1) is 0 Å². The molecule has 0 atom stereocenters. The van der Waals surface area contributed by atoms with Gasteiger partial charge >= 0.3 is 5.82 Å². The summed E-state index contributed by atoms with van der Waals surface area (Å²) in [5.41, 5.74) is 0.284. The Morgan fingerprint density at radius 1 is 1.32 bits per heavy atom. The molecule has 0 aliphatic rings. The highest BCUT2D eigenvalue weighted by atomic mass is 32.2. The number of aromatic amines is 1. The van der Waals surface area contributed by atoms with Crippen molar-refractivity contribution in [3.05, 3.63) is 40.7 Å². The van der Waals surface area contributed by atoms with Crippen LogP contribution in [0.15, 0.2) is 35.6 Å². The summed E-state index contributed by atoms with van der Waals surface area (Å²) in [4.78, 5) is 26.6. The van der Waals surface area contributed by atoms with E-state index in [1.807, 2.05) is 0 Å². The lowest BCUT2D eigenvalue weighted by molar-refractivity contribution is -0.392. The highest BCUT2D eigenvalue weighted by Gasteiger charge is 2.29. The van der Waals surface area contributed by atoms with E-state index in [0.717, 1.165) is 6.33 Å². The molecule has 11 heteroatoms. The van der Waals surface area contributed by atoms with Gasteiger partial charge in [-0.3, -0.25) is 9.52 Å². The van der Waals surface area contributed by atoms with Crippen molar-refractivity contribution in [2.75, 3.05) is 10.0 Å². The normalized spacial score (nSPS) is 11.0. The van der Waals surface area contributed by atoms with Gasteiger partial charge in [0.15, 0.2) is 6.33 Å². The van der Waals surface area contributed by atoms with Crippen molar-refractivity contribution in [1.82, 2.24) is 9.97 Å². The number of imidazole rings is 1. The highest BCUT2D eigenvalue weighted by molar-refractivity contribution is 7.92. The van der Waals surface area contributed by atoms with Crippen LogP contribution in [-0.4, -0.2) is 29.2 Å². The smallest absolute Gasteiger partial charge is 0.358 e. The van der Waals surface area contributed by atoms with Crippen LogP contribution in [0.25, 0.3) is 0 Å². The molecule has 1 heterocycles. The SMILES string of the molecule is CC(=O)Nc1ccccc1NS(=O)(=O)c1nc[nH]c1[N+](=O)[O-]. The van der Waals surface area contributed by atoms with E-state index >= 15 is 0 Å². The molecule has 22 heavy (non-hydrogen) atoms. The van der Waals surface area contributed by atoms with Gasteiger partial charge in [0.1, 0.15) is 0 Å². The third-order valence-electron chi connectivity index (χ3n) is 2.50. The number of nitrogens with zero attached hydrogens (tertiary/aromatic N) is 2. The van der Waals surface area contributed by atoms with Crippen LogP contribution >= 0.6 is 0 Å². The van der Waals surface area contributed by atoms with Gasteiger partial charge in [-0.05, 0) is 17.1 Å². The fourth-order valence-electron chi connectivity index (χ4n) is 1.67. The summed E-state index contributed by atoms with van der Waals surface area (Å²) in [7, 11) is -4.29. The third-order valence-corrected chi connectivity index (χ3v) is 3.80. The molecule has 0 spiro atoms. The summed E-state index contributed by atoms with van der Waals surface area (Å²) in [6, 6.07) is 6.03. The summed E-state index contributed by atoms with van der Waals surface area (Å²) < 4.78 is 26.6. The largest absolute Gasteiger partial charge is 0.361 e. The van der Waals surface area contributed by atoms with Gasteiger partial charge in [0.2, 0.25) is 5.91 Å². The van der Waals surface area contributed by atoms with E-state index in [-0.39, 0.29) is 11.4 Å². The van der Waals surface area contributed by atoms with Crippen molar-refractivity contribution in [3.63, 3.8) is 0 Å². The summed E-state index contributed by atoms with van der Waals surface area (Å²) in [5.74, 6) is -1.14. The number of amides is 1. The number of para-hydroxylation sites is 2. The van der Waals surface area contributed by atoms with E-state index in [0.29, 0.717) is 0 Å². The maximum atomic E-state index is 12.2. The second-order valence-electron chi connectivity index (χ2n) is 4.15. The van der Waals surface area contributed by atoms with Crippen LogP contribution in [0.3, 0.4) is 0 Å². The number of sulfonamides is 1. The topological polar surface area (TPSA) is 147 Å². The van der Waals surface area contributed by atoms with E-state index < -0.39 is 31.7 Å². The number of carbonyl (C=O) groups is 1. The molecule has 10 nitrogen and oxygen atoms in total. The molecule has 3 N–H and O–H groups in total. The number of benzene rings is 1. The minimum Gasteiger partial charge on any atom is -0.358 e. The van der Waals surface area contributed by atoms with E-state index in [1.165, 1.54) is 19.1 Å². The zero-order valence-electron chi connectivity index (χ0n) is 11.2. The molecule has 0 aliphatic heterocycles. The molecular weight excluding hydrogens is 314 g/mol. The fraction of sp³-hybridized carbons (Fsp3) is 0.0909. The fourth-order valence-corrected chi connectivity index (χ4v) is 2.81. The molecule has 1 aromatic heterocycles. The van der Waals surface area contributed by atoms with Crippen LogP contribution in [-0.2, 0) is 14.8 Å². The van der Waals surface area contributed by atoms with Crippen molar-refractivity contribution in [2.45, 2.75) is 11.9 Å². The zero-order valence-corrected chi connectivity index (χ0v) is 12.0. The predicted octanol–water partition coefficient (Wildman–Crippen LogP) is 1.08. The first-order chi connectivity index (χ1) is 10.3. The molecule has 1 amide bonds. The Hall–Kier alpha value is -2.95. The van der Waals surface area contributed by atoms with Gasteiger partial charge in [0.25, 0.3) is 15.0 Å². The quantitative estimate of drug-likeness (QED) is 0.553. The number of aromatic nitrogens is 2. The lowest BCUT2D eigenvalue weighted by atomic mass is 10.3. The van der Waals surface area contributed by atoms with E-state index in [9.17, 15) is 23.3 Å². The lowest BCUT2D eigenvalue weighted by Gasteiger charge is -2.11. The molecule has 0 fully saturated rings. The van der Waals surface area contributed by atoms with Crippen molar-refractivity contribution in [2.24, 2.45) is 0 Å². The van der Waals surface area contributed by atoms with Crippen molar-refractivity contribution in [3.8, 4) is 0 Å². The average Bonchev–Trinajstić information content (AvgIpc) is 2.90. The number of nitrogens with one attached hydrogen (secondary N) is 3. The monoisotopic (exact) mass is 325 g/mol. The molecule has 1 aromatic carbocycles. The number of nitro groups is 1. The van der Waals surface area contributed by atoms with Crippen LogP contribution < -0.4 is 10.0 Å². The first-order valence-corrected chi connectivity index (χ1v) is 7.37. The van der Waals surface area contributed by atoms with Crippen molar-refractivity contribution >= 4 is 33.1 Å².